The maximum absolute atomic E-state index is 14.3. The largest absolute Gasteiger partial charge is 0.462 e. The van der Waals surface area contributed by atoms with Gasteiger partial charge in [0.15, 0.2) is 12.1 Å². The first kappa shape index (κ1) is 34.2. The van der Waals surface area contributed by atoms with E-state index < -0.39 is 54.0 Å². The van der Waals surface area contributed by atoms with E-state index in [-0.39, 0.29) is 30.5 Å². The van der Waals surface area contributed by atoms with Crippen molar-refractivity contribution in [3.8, 4) is 0 Å². The molecule has 2 bridgehead atoms. The number of carbonyl (C=O) groups excluding carboxylic acids is 1. The number of hydrogen-bond donors (Lipinski definition) is 2. The van der Waals surface area contributed by atoms with Crippen LogP contribution in [0.3, 0.4) is 0 Å². The van der Waals surface area contributed by atoms with E-state index in [9.17, 15) is 15.0 Å². The molecule has 9 heteroatoms. The summed E-state index contributed by atoms with van der Waals surface area (Å²) < 4.78 is 37.3. The average molecular weight is 629 g/mol. The minimum atomic E-state index is -1.77. The predicted molar refractivity (Wildman–Crippen MR) is 169 cm³/mol. The third kappa shape index (κ3) is 6.42. The summed E-state index contributed by atoms with van der Waals surface area (Å²) in [5, 5.41) is 24.0. The Labute approximate surface area is 267 Å². The molecule has 12 unspecified atom stereocenters. The van der Waals surface area contributed by atoms with Crippen LogP contribution in [-0.4, -0.2) is 84.7 Å². The molecular weight excluding hydrogens is 576 g/mol. The van der Waals surface area contributed by atoms with E-state index in [0.717, 1.165) is 17.6 Å². The number of allylic oxidation sites excluding steroid dienone is 5. The van der Waals surface area contributed by atoms with Gasteiger partial charge in [-0.15, -0.1) is 0 Å². The summed E-state index contributed by atoms with van der Waals surface area (Å²) in [5.41, 5.74) is 1.70. The first-order chi connectivity index (χ1) is 21.4. The molecule has 0 amide bonds. The van der Waals surface area contributed by atoms with Gasteiger partial charge in [-0.05, 0) is 69.9 Å². The van der Waals surface area contributed by atoms with E-state index in [2.05, 4.69) is 32.9 Å². The molecule has 4 aliphatic heterocycles. The summed E-state index contributed by atoms with van der Waals surface area (Å²) >= 11 is 0. The maximum Gasteiger partial charge on any atom is 0.316 e. The van der Waals surface area contributed by atoms with Crippen LogP contribution in [0.5, 0.6) is 0 Å². The molecule has 2 N–H and O–H groups in total. The van der Waals surface area contributed by atoms with Crippen molar-refractivity contribution in [2.75, 3.05) is 14.2 Å². The number of aliphatic hydroxyl groups excluding tert-OH is 1. The molecule has 12 atom stereocenters. The van der Waals surface area contributed by atoms with Crippen molar-refractivity contribution in [1.29, 1.82) is 0 Å². The van der Waals surface area contributed by atoms with Gasteiger partial charge >= 0.3 is 5.97 Å². The highest BCUT2D eigenvalue weighted by atomic mass is 16.7. The van der Waals surface area contributed by atoms with Crippen molar-refractivity contribution in [2.24, 2.45) is 17.8 Å². The molecule has 0 saturated carbocycles. The van der Waals surface area contributed by atoms with Crippen LogP contribution in [0, 0.1) is 17.8 Å². The molecule has 1 spiro atoms. The van der Waals surface area contributed by atoms with Crippen molar-refractivity contribution in [2.45, 2.75) is 128 Å². The fourth-order valence-corrected chi connectivity index (χ4v) is 7.94. The van der Waals surface area contributed by atoms with Gasteiger partial charge in [0.2, 0.25) is 0 Å². The zero-order chi connectivity index (χ0) is 32.7. The minimum absolute atomic E-state index is 0.0885. The van der Waals surface area contributed by atoms with Crippen molar-refractivity contribution in [3.05, 3.63) is 58.7 Å². The minimum Gasteiger partial charge on any atom is -0.462 e. The van der Waals surface area contributed by atoms with Crippen molar-refractivity contribution in [1.82, 2.24) is 0 Å². The molecule has 5 aliphatic rings. The topological polar surface area (TPSA) is 113 Å². The Morgan fingerprint density at radius 3 is 2.56 bits per heavy atom. The van der Waals surface area contributed by atoms with Gasteiger partial charge in [-0.3, -0.25) is 4.79 Å². The van der Waals surface area contributed by atoms with Crippen LogP contribution in [-0.2, 0) is 33.2 Å². The summed E-state index contributed by atoms with van der Waals surface area (Å²) in [6, 6.07) is 0. The van der Waals surface area contributed by atoms with Gasteiger partial charge in [0.1, 0.15) is 35.9 Å². The third-order valence-corrected chi connectivity index (χ3v) is 10.4. The van der Waals surface area contributed by atoms with Crippen LogP contribution in [0.1, 0.15) is 73.6 Å². The zero-order valence-corrected chi connectivity index (χ0v) is 28.0. The Bertz CT molecular complexity index is 1260. The Kier molecular flexibility index (Phi) is 10.3. The molecular formula is C36H52O9. The molecule has 5 rings (SSSR count). The summed E-state index contributed by atoms with van der Waals surface area (Å²) in [6.45, 7) is 12.2. The summed E-state index contributed by atoms with van der Waals surface area (Å²) in [4.78, 5) is 14.3. The van der Waals surface area contributed by atoms with Gasteiger partial charge in [0.25, 0.3) is 0 Å². The second kappa shape index (κ2) is 13.6. The van der Waals surface area contributed by atoms with Crippen LogP contribution in [0.2, 0.25) is 0 Å². The molecule has 3 saturated heterocycles. The Morgan fingerprint density at radius 1 is 1.11 bits per heavy atom. The second-order valence-electron chi connectivity index (χ2n) is 13.8. The lowest BCUT2D eigenvalue weighted by atomic mass is 9.70. The van der Waals surface area contributed by atoms with Gasteiger partial charge in [-0.2, -0.15) is 0 Å². The van der Waals surface area contributed by atoms with E-state index >= 15 is 0 Å². The molecule has 4 heterocycles. The average Bonchev–Trinajstić information content (AvgIpc) is 3.28. The van der Waals surface area contributed by atoms with Gasteiger partial charge in [0.05, 0.1) is 12.2 Å². The first-order valence-corrected chi connectivity index (χ1v) is 16.4. The standard InChI is InChI=1S/C36H52O9/c1-9-22(4)30-24(6)17-29(37)35(45-30)19-26-18-25(44-35)14-13-21(3)15-20(2)11-10-12-27-34(41-8)43-32-31(40-7)23(5)16-28(33(38)42-26)36(27,32)39/h9-13,16,20,24-26,28-32,34,37,39H,14-15,17-19H2,1-8H3. The lowest BCUT2D eigenvalue weighted by molar-refractivity contribution is -0.363. The quantitative estimate of drug-likeness (QED) is 0.327. The van der Waals surface area contributed by atoms with Crippen molar-refractivity contribution >= 4 is 5.97 Å². The SMILES string of the molecule is CC=C(C)C1OC2(CC3CC(CC=C(C)CC(C)C=CC=C4C(OC)OC5C(OC)C(C)=CC(C(=O)O3)C45O)O2)C(O)CC1C. The van der Waals surface area contributed by atoms with E-state index in [1.54, 1.807) is 19.3 Å². The maximum atomic E-state index is 14.3. The number of aliphatic hydroxyl groups is 2. The van der Waals surface area contributed by atoms with Gasteiger partial charge < -0.3 is 38.6 Å². The van der Waals surface area contributed by atoms with Crippen LogP contribution in [0.4, 0.5) is 0 Å². The molecule has 1 aliphatic carbocycles. The number of ether oxygens (including phenoxy) is 6. The number of hydrogen-bond acceptors (Lipinski definition) is 9. The highest BCUT2D eigenvalue weighted by Crippen LogP contribution is 2.50. The fraction of sp³-hybridized carbons (Fsp3) is 0.694. The van der Waals surface area contributed by atoms with Crippen LogP contribution in [0.25, 0.3) is 0 Å². The predicted octanol–water partition coefficient (Wildman–Crippen LogP) is 5.08. The van der Waals surface area contributed by atoms with Gasteiger partial charge in [-0.25, -0.2) is 0 Å². The van der Waals surface area contributed by atoms with Crippen molar-refractivity contribution in [3.63, 3.8) is 0 Å². The third-order valence-electron chi connectivity index (χ3n) is 10.4. The van der Waals surface area contributed by atoms with Crippen LogP contribution >= 0.6 is 0 Å². The number of esters is 1. The molecule has 0 aromatic rings. The van der Waals surface area contributed by atoms with E-state index in [1.807, 2.05) is 32.9 Å². The zero-order valence-electron chi connectivity index (χ0n) is 28.0. The number of fused-ring (bicyclic) bond motifs is 2. The normalized spacial score (nSPS) is 44.5. The van der Waals surface area contributed by atoms with E-state index in [4.69, 9.17) is 28.4 Å². The van der Waals surface area contributed by atoms with Crippen LogP contribution < -0.4 is 0 Å². The summed E-state index contributed by atoms with van der Waals surface area (Å²) in [7, 11) is 3.08. The highest BCUT2D eigenvalue weighted by Gasteiger charge is 2.64. The Morgan fingerprint density at radius 2 is 1.87 bits per heavy atom. The number of carbonyl (C=O) groups is 1. The monoisotopic (exact) mass is 628 g/mol. The number of methoxy groups -OCH3 is 2. The van der Waals surface area contributed by atoms with E-state index in [1.165, 1.54) is 12.7 Å². The van der Waals surface area contributed by atoms with Crippen LogP contribution in [0.15, 0.2) is 58.7 Å². The molecule has 3 fully saturated rings. The molecule has 250 valence electrons. The molecule has 0 aromatic carbocycles. The number of rotatable bonds is 3. The molecule has 45 heavy (non-hydrogen) atoms. The lowest BCUT2D eigenvalue weighted by Gasteiger charge is -2.52. The molecule has 0 radical (unpaired) electrons. The Hall–Kier alpha value is -2.11. The molecule has 0 aromatic heterocycles. The first-order valence-electron chi connectivity index (χ1n) is 16.4. The fourth-order valence-electron chi connectivity index (χ4n) is 7.94. The van der Waals surface area contributed by atoms with Gasteiger partial charge in [-0.1, -0.05) is 55.9 Å². The lowest BCUT2D eigenvalue weighted by Crippen LogP contribution is -2.62. The van der Waals surface area contributed by atoms with E-state index in [0.29, 0.717) is 24.8 Å². The second-order valence-corrected chi connectivity index (χ2v) is 13.8. The van der Waals surface area contributed by atoms with Crippen molar-refractivity contribution < 1.29 is 43.4 Å². The summed E-state index contributed by atoms with van der Waals surface area (Å²) in [6.07, 6.45) is 9.81. The molecule has 9 nitrogen and oxygen atoms in total. The summed E-state index contributed by atoms with van der Waals surface area (Å²) in [5.74, 6) is -2.69. The van der Waals surface area contributed by atoms with Gasteiger partial charge in [0, 0.05) is 32.6 Å². The smallest absolute Gasteiger partial charge is 0.316 e. The Balaban J connectivity index is 1.57. The highest BCUT2D eigenvalue weighted by molar-refractivity contribution is 5.78.